The lowest BCUT2D eigenvalue weighted by Gasteiger charge is -2.13. The Labute approximate surface area is 187 Å². The second-order valence-electron chi connectivity index (χ2n) is 6.67. The van der Waals surface area contributed by atoms with E-state index >= 15 is 0 Å². The monoisotopic (exact) mass is 477 g/mol. The number of aromatic nitrogens is 4. The molecule has 2 aromatic carbocycles. The van der Waals surface area contributed by atoms with E-state index in [1.165, 1.54) is 31.2 Å². The van der Waals surface area contributed by atoms with Crippen LogP contribution in [0.15, 0.2) is 48.5 Å². The fourth-order valence-corrected chi connectivity index (χ4v) is 3.38. The lowest BCUT2D eigenvalue weighted by Crippen LogP contribution is -2.41. The second-order valence-corrected chi connectivity index (χ2v) is 9.11. The zero-order chi connectivity index (χ0) is 22.9. The Morgan fingerprint density at radius 2 is 1.88 bits per heavy atom. The van der Waals surface area contributed by atoms with Crippen molar-refractivity contribution >= 4 is 38.5 Å². The molecule has 0 bridgehead atoms. The molecule has 4 rings (SSSR count). The van der Waals surface area contributed by atoms with Crippen LogP contribution < -0.4 is 20.7 Å². The number of sulfonamides is 1. The fourth-order valence-electron chi connectivity index (χ4n) is 2.72. The number of halogens is 2. The SMILES string of the molecule is CC(N)S(=O)(=O)NNc1nc(Oc2ccc(F)cc2)nc2n[nH]c(-c3ccccc3Cl)c12. The normalized spacial score (nSPS) is 12.6. The number of nitrogens with one attached hydrogen (secondary N) is 3. The number of nitrogens with two attached hydrogens (primary N) is 1. The van der Waals surface area contributed by atoms with Crippen molar-refractivity contribution in [3.8, 4) is 23.0 Å². The van der Waals surface area contributed by atoms with Gasteiger partial charge in [-0.3, -0.25) is 10.5 Å². The summed E-state index contributed by atoms with van der Waals surface area (Å²) < 4.78 is 43.0. The van der Waals surface area contributed by atoms with Crippen LogP contribution in [0.25, 0.3) is 22.3 Å². The summed E-state index contributed by atoms with van der Waals surface area (Å²) in [6.45, 7) is 1.32. The lowest BCUT2D eigenvalue weighted by molar-refractivity contribution is 0.443. The molecule has 1 atom stereocenters. The van der Waals surface area contributed by atoms with Gasteiger partial charge >= 0.3 is 6.01 Å². The van der Waals surface area contributed by atoms with Crippen molar-refractivity contribution < 1.29 is 17.5 Å². The van der Waals surface area contributed by atoms with E-state index < -0.39 is 21.2 Å². The van der Waals surface area contributed by atoms with Gasteiger partial charge < -0.3 is 10.5 Å². The van der Waals surface area contributed by atoms with Crippen molar-refractivity contribution in [3.05, 3.63) is 59.4 Å². The van der Waals surface area contributed by atoms with E-state index in [1.54, 1.807) is 24.3 Å². The third-order valence-corrected chi connectivity index (χ3v) is 6.06. The summed E-state index contributed by atoms with van der Waals surface area (Å²) in [6.07, 6.45) is 0. The highest BCUT2D eigenvalue weighted by molar-refractivity contribution is 7.90. The Hall–Kier alpha value is -3.32. The largest absolute Gasteiger partial charge is 0.424 e. The molecule has 4 aromatic rings. The predicted octanol–water partition coefficient (Wildman–Crippen LogP) is 3.16. The van der Waals surface area contributed by atoms with Crippen LogP contribution >= 0.6 is 11.6 Å². The van der Waals surface area contributed by atoms with Crippen molar-refractivity contribution in [1.29, 1.82) is 0 Å². The minimum absolute atomic E-state index is 0.0417. The number of H-pyrrole nitrogens is 1. The quantitative estimate of drug-likeness (QED) is 0.297. The van der Waals surface area contributed by atoms with E-state index in [9.17, 15) is 12.8 Å². The molecule has 1 unspecified atom stereocenters. The van der Waals surface area contributed by atoms with Gasteiger partial charge in [-0.2, -0.15) is 15.1 Å². The molecule has 2 aromatic heterocycles. The van der Waals surface area contributed by atoms with Gasteiger partial charge in [-0.15, -0.1) is 4.83 Å². The summed E-state index contributed by atoms with van der Waals surface area (Å²) in [4.78, 5) is 10.7. The summed E-state index contributed by atoms with van der Waals surface area (Å²) in [5.41, 5.74) is 9.28. The zero-order valence-electron chi connectivity index (χ0n) is 16.5. The number of fused-ring (bicyclic) bond motifs is 1. The van der Waals surface area contributed by atoms with Gasteiger partial charge in [-0.1, -0.05) is 29.8 Å². The number of hydrogen-bond acceptors (Lipinski definition) is 8. The Morgan fingerprint density at radius 3 is 2.56 bits per heavy atom. The van der Waals surface area contributed by atoms with Crippen molar-refractivity contribution in [2.45, 2.75) is 12.3 Å². The highest BCUT2D eigenvalue weighted by atomic mass is 35.5. The molecule has 0 aliphatic rings. The van der Waals surface area contributed by atoms with Gasteiger partial charge in [0.1, 0.15) is 16.9 Å². The first-order valence-corrected chi connectivity index (χ1v) is 11.1. The highest BCUT2D eigenvalue weighted by Crippen LogP contribution is 2.35. The van der Waals surface area contributed by atoms with E-state index in [0.717, 1.165) is 0 Å². The molecule has 32 heavy (non-hydrogen) atoms. The van der Waals surface area contributed by atoms with Crippen LogP contribution in [0.3, 0.4) is 0 Å². The molecule has 13 heteroatoms. The van der Waals surface area contributed by atoms with Gasteiger partial charge in [-0.05, 0) is 37.3 Å². The van der Waals surface area contributed by atoms with Crippen LogP contribution in [0.5, 0.6) is 11.8 Å². The van der Waals surface area contributed by atoms with E-state index in [1.807, 2.05) is 0 Å². The maximum Gasteiger partial charge on any atom is 0.326 e. The average molecular weight is 478 g/mol. The van der Waals surface area contributed by atoms with E-state index in [-0.39, 0.29) is 23.2 Å². The summed E-state index contributed by atoms with van der Waals surface area (Å²) >= 11 is 6.32. The van der Waals surface area contributed by atoms with Crippen molar-refractivity contribution in [1.82, 2.24) is 25.0 Å². The molecule has 0 fully saturated rings. The number of nitrogens with zero attached hydrogens (tertiary/aromatic N) is 3. The number of anilines is 1. The molecule has 166 valence electrons. The van der Waals surface area contributed by atoms with Gasteiger partial charge in [0.2, 0.25) is 10.0 Å². The first kappa shape index (κ1) is 21.9. The predicted molar refractivity (Wildman–Crippen MR) is 118 cm³/mol. The Balaban J connectivity index is 1.81. The first-order chi connectivity index (χ1) is 15.2. The fraction of sp³-hybridized carbons (Fsp3) is 0.105. The van der Waals surface area contributed by atoms with Crippen molar-refractivity contribution in [3.63, 3.8) is 0 Å². The maximum atomic E-state index is 13.2. The molecule has 0 saturated heterocycles. The summed E-state index contributed by atoms with van der Waals surface area (Å²) in [6, 6.07) is 12.1. The van der Waals surface area contributed by atoms with Crippen LogP contribution in [0.1, 0.15) is 6.92 Å². The van der Waals surface area contributed by atoms with E-state index in [2.05, 4.69) is 30.4 Å². The molecule has 0 aliphatic carbocycles. The summed E-state index contributed by atoms with van der Waals surface area (Å²) in [5, 5.41) is 6.63. The Morgan fingerprint density at radius 1 is 1.16 bits per heavy atom. The second kappa shape index (κ2) is 8.67. The van der Waals surface area contributed by atoms with Crippen LogP contribution in [-0.4, -0.2) is 34.0 Å². The average Bonchev–Trinajstić information content (AvgIpc) is 3.18. The number of rotatable bonds is 7. The standard InChI is InChI=1S/C19H17ClFN7O3S/c1-10(22)32(29,30)28-27-18-15-16(13-4-2-3-5-14(13)20)25-26-17(15)23-19(24-18)31-12-8-6-11(21)7-9-12/h2-10,28H,22H2,1H3,(H2,23,24,25,26,27). The molecule has 0 saturated carbocycles. The first-order valence-electron chi connectivity index (χ1n) is 9.21. The van der Waals surface area contributed by atoms with Gasteiger partial charge in [0.25, 0.3) is 0 Å². The highest BCUT2D eigenvalue weighted by Gasteiger charge is 2.21. The minimum Gasteiger partial charge on any atom is -0.424 e. The topological polar surface area (TPSA) is 148 Å². The summed E-state index contributed by atoms with van der Waals surface area (Å²) in [5.74, 6) is -0.118. The van der Waals surface area contributed by atoms with Crippen molar-refractivity contribution in [2.24, 2.45) is 5.73 Å². The molecule has 5 N–H and O–H groups in total. The number of aromatic amines is 1. The number of ether oxygens (including phenoxy) is 1. The molecular formula is C19H17ClFN7O3S. The van der Waals surface area contributed by atoms with E-state index in [0.29, 0.717) is 21.7 Å². The number of hydrogen-bond donors (Lipinski definition) is 4. The smallest absolute Gasteiger partial charge is 0.326 e. The van der Waals surface area contributed by atoms with Gasteiger partial charge in [0, 0.05) is 10.6 Å². The van der Waals surface area contributed by atoms with Gasteiger partial charge in [-0.25, -0.2) is 12.8 Å². The molecular weight excluding hydrogens is 461 g/mol. The lowest BCUT2D eigenvalue weighted by atomic mass is 10.1. The van der Waals surface area contributed by atoms with Crippen LogP contribution in [0.2, 0.25) is 5.02 Å². The van der Waals surface area contributed by atoms with E-state index in [4.69, 9.17) is 22.1 Å². The van der Waals surface area contributed by atoms with Crippen LogP contribution in [0.4, 0.5) is 10.2 Å². The van der Waals surface area contributed by atoms with Crippen LogP contribution in [0, 0.1) is 5.82 Å². The zero-order valence-corrected chi connectivity index (χ0v) is 18.1. The molecule has 2 heterocycles. The molecule has 10 nitrogen and oxygen atoms in total. The van der Waals surface area contributed by atoms with Gasteiger partial charge in [0.15, 0.2) is 11.5 Å². The minimum atomic E-state index is -3.89. The van der Waals surface area contributed by atoms with Crippen molar-refractivity contribution in [2.75, 3.05) is 5.43 Å². The Kier molecular flexibility index (Phi) is 5.93. The Bertz CT molecular complexity index is 1380. The molecule has 0 amide bonds. The third kappa shape index (κ3) is 4.48. The number of benzene rings is 2. The third-order valence-electron chi connectivity index (χ3n) is 4.36. The van der Waals surface area contributed by atoms with Gasteiger partial charge in [0.05, 0.1) is 11.1 Å². The number of hydrazine groups is 1. The molecule has 0 spiro atoms. The van der Waals surface area contributed by atoms with Crippen LogP contribution in [-0.2, 0) is 10.0 Å². The summed E-state index contributed by atoms with van der Waals surface area (Å²) in [7, 11) is -3.89. The molecule has 0 aliphatic heterocycles. The molecule has 0 radical (unpaired) electrons. The maximum absolute atomic E-state index is 13.2.